The summed E-state index contributed by atoms with van der Waals surface area (Å²) in [6, 6.07) is 7.41. The molecule has 2 aromatic rings. The van der Waals surface area contributed by atoms with Gasteiger partial charge in [0.25, 0.3) is 5.91 Å². The molecule has 1 aromatic heterocycles. The normalized spacial score (nSPS) is 15.7. The molecule has 7 heteroatoms. The fraction of sp³-hybridized carbons (Fsp3) is 0.476. The van der Waals surface area contributed by atoms with Crippen molar-refractivity contribution < 1.29 is 14.3 Å². The van der Waals surface area contributed by atoms with Crippen molar-refractivity contribution in [3.05, 3.63) is 46.5 Å². The molecule has 1 fully saturated rings. The zero-order valence-corrected chi connectivity index (χ0v) is 18.0. The molecule has 1 saturated heterocycles. The second kappa shape index (κ2) is 10.1. The molecule has 1 unspecified atom stereocenters. The number of esters is 1. The van der Waals surface area contributed by atoms with Crippen molar-refractivity contribution in [2.75, 3.05) is 13.1 Å². The van der Waals surface area contributed by atoms with Crippen molar-refractivity contribution in [3.63, 3.8) is 0 Å². The van der Waals surface area contributed by atoms with Gasteiger partial charge in [0.2, 0.25) is 0 Å². The minimum absolute atomic E-state index is 0.0969. The van der Waals surface area contributed by atoms with Gasteiger partial charge in [0.05, 0.1) is 5.56 Å². The van der Waals surface area contributed by atoms with Gasteiger partial charge >= 0.3 is 5.97 Å². The van der Waals surface area contributed by atoms with E-state index in [9.17, 15) is 9.59 Å². The standard InChI is InChI=1S/C21H26N2O3S2/c1-15-13-27-21(22-15)28-14-17-9-5-6-10-18(17)20(25)26-16(2)19(24)23-11-7-3-4-8-12-23/h5-6,9-10,13,16H,3-4,7-8,11-12,14H2,1-2H3. The van der Waals surface area contributed by atoms with Gasteiger partial charge in [0.15, 0.2) is 6.10 Å². The number of carbonyl (C=O) groups is 2. The van der Waals surface area contributed by atoms with Crippen LogP contribution in [-0.2, 0) is 15.3 Å². The number of aryl methyl sites for hydroxylation is 1. The first kappa shape index (κ1) is 20.9. The van der Waals surface area contributed by atoms with Crippen LogP contribution in [0.25, 0.3) is 0 Å². The summed E-state index contributed by atoms with van der Waals surface area (Å²) in [6.45, 7) is 5.14. The van der Waals surface area contributed by atoms with Crippen molar-refractivity contribution in [2.45, 2.75) is 55.7 Å². The number of thiazole rings is 1. The van der Waals surface area contributed by atoms with E-state index in [2.05, 4.69) is 4.98 Å². The average molecular weight is 419 g/mol. The molecule has 1 aromatic carbocycles. The molecule has 2 heterocycles. The Balaban J connectivity index is 1.62. The molecule has 1 amide bonds. The van der Waals surface area contributed by atoms with Crippen LogP contribution in [0, 0.1) is 6.92 Å². The van der Waals surface area contributed by atoms with Crippen LogP contribution < -0.4 is 0 Å². The van der Waals surface area contributed by atoms with Crippen molar-refractivity contribution in [2.24, 2.45) is 0 Å². The lowest BCUT2D eigenvalue weighted by Crippen LogP contribution is -2.40. The van der Waals surface area contributed by atoms with E-state index in [4.69, 9.17) is 4.74 Å². The predicted molar refractivity (Wildman–Crippen MR) is 113 cm³/mol. The molecule has 1 aliphatic heterocycles. The molecular formula is C21H26N2O3S2. The van der Waals surface area contributed by atoms with Gasteiger partial charge in [-0.1, -0.05) is 42.8 Å². The van der Waals surface area contributed by atoms with E-state index in [0.717, 1.165) is 54.4 Å². The predicted octanol–water partition coefficient (Wildman–Crippen LogP) is 4.69. The maximum atomic E-state index is 12.7. The maximum absolute atomic E-state index is 12.7. The van der Waals surface area contributed by atoms with Gasteiger partial charge < -0.3 is 9.64 Å². The Morgan fingerprint density at radius 3 is 2.61 bits per heavy atom. The molecule has 28 heavy (non-hydrogen) atoms. The average Bonchev–Trinajstić information content (AvgIpc) is 2.94. The lowest BCUT2D eigenvalue weighted by molar-refractivity contribution is -0.139. The minimum Gasteiger partial charge on any atom is -0.449 e. The number of nitrogens with zero attached hydrogens (tertiary/aromatic N) is 2. The van der Waals surface area contributed by atoms with Crippen LogP contribution >= 0.6 is 23.1 Å². The first-order valence-corrected chi connectivity index (χ1v) is 11.5. The molecule has 0 aliphatic carbocycles. The van der Waals surface area contributed by atoms with Crippen LogP contribution in [0.15, 0.2) is 34.0 Å². The van der Waals surface area contributed by atoms with Gasteiger partial charge in [0, 0.05) is 29.9 Å². The van der Waals surface area contributed by atoms with Crippen LogP contribution in [0.3, 0.4) is 0 Å². The summed E-state index contributed by atoms with van der Waals surface area (Å²) in [5.74, 6) is 0.0923. The molecule has 3 rings (SSSR count). The van der Waals surface area contributed by atoms with E-state index in [0.29, 0.717) is 11.3 Å². The number of rotatable bonds is 6. The third-order valence-corrected chi connectivity index (χ3v) is 6.92. The Labute approximate surface area is 174 Å². The van der Waals surface area contributed by atoms with Crippen molar-refractivity contribution in [3.8, 4) is 0 Å². The van der Waals surface area contributed by atoms with Crippen LogP contribution in [-0.4, -0.2) is 41.0 Å². The SMILES string of the molecule is Cc1csc(SCc2ccccc2C(=O)OC(C)C(=O)N2CCCCCC2)n1. The largest absolute Gasteiger partial charge is 0.449 e. The van der Waals surface area contributed by atoms with Gasteiger partial charge in [-0.05, 0) is 38.3 Å². The van der Waals surface area contributed by atoms with Crippen molar-refractivity contribution in [1.29, 1.82) is 0 Å². The summed E-state index contributed by atoms with van der Waals surface area (Å²) in [7, 11) is 0. The molecule has 0 spiro atoms. The number of hydrogen-bond donors (Lipinski definition) is 0. The monoisotopic (exact) mass is 418 g/mol. The Hall–Kier alpha value is -1.86. The molecular weight excluding hydrogens is 392 g/mol. The Kier molecular flexibility index (Phi) is 7.50. The smallest absolute Gasteiger partial charge is 0.339 e. The lowest BCUT2D eigenvalue weighted by Gasteiger charge is -2.24. The van der Waals surface area contributed by atoms with E-state index in [1.54, 1.807) is 36.1 Å². The quantitative estimate of drug-likeness (QED) is 0.503. The summed E-state index contributed by atoms with van der Waals surface area (Å²) >= 11 is 3.20. The molecule has 1 atom stereocenters. The highest BCUT2D eigenvalue weighted by Crippen LogP contribution is 2.27. The molecule has 5 nitrogen and oxygen atoms in total. The van der Waals surface area contributed by atoms with Crippen LogP contribution in [0.2, 0.25) is 0 Å². The first-order valence-electron chi connectivity index (χ1n) is 9.67. The highest BCUT2D eigenvalue weighted by atomic mass is 32.2. The number of likely N-dealkylation sites (tertiary alicyclic amines) is 1. The van der Waals surface area contributed by atoms with Gasteiger partial charge in [0.1, 0.15) is 4.34 Å². The van der Waals surface area contributed by atoms with Gasteiger partial charge in [-0.3, -0.25) is 4.79 Å². The topological polar surface area (TPSA) is 59.5 Å². The fourth-order valence-electron chi connectivity index (χ4n) is 3.21. The first-order chi connectivity index (χ1) is 13.5. The Morgan fingerprint density at radius 2 is 1.93 bits per heavy atom. The minimum atomic E-state index is -0.770. The maximum Gasteiger partial charge on any atom is 0.339 e. The summed E-state index contributed by atoms with van der Waals surface area (Å²) in [5.41, 5.74) is 2.40. The van der Waals surface area contributed by atoms with Crippen molar-refractivity contribution >= 4 is 35.0 Å². The van der Waals surface area contributed by atoms with Gasteiger partial charge in [-0.2, -0.15) is 0 Å². The van der Waals surface area contributed by atoms with Crippen LogP contribution in [0.4, 0.5) is 0 Å². The summed E-state index contributed by atoms with van der Waals surface area (Å²) < 4.78 is 6.51. The van der Waals surface area contributed by atoms with E-state index in [1.165, 1.54) is 0 Å². The second-order valence-corrected chi connectivity index (χ2v) is 9.07. The van der Waals surface area contributed by atoms with Gasteiger partial charge in [-0.15, -0.1) is 11.3 Å². The van der Waals surface area contributed by atoms with E-state index in [1.807, 2.05) is 35.4 Å². The number of thioether (sulfide) groups is 1. The van der Waals surface area contributed by atoms with Gasteiger partial charge in [-0.25, -0.2) is 9.78 Å². The van der Waals surface area contributed by atoms with E-state index in [-0.39, 0.29) is 5.91 Å². The van der Waals surface area contributed by atoms with Crippen LogP contribution in [0.1, 0.15) is 54.2 Å². The zero-order chi connectivity index (χ0) is 19.9. The number of carbonyl (C=O) groups excluding carboxylic acids is 2. The van der Waals surface area contributed by atoms with Crippen molar-refractivity contribution in [1.82, 2.24) is 9.88 Å². The summed E-state index contributed by atoms with van der Waals surface area (Å²) in [6.07, 6.45) is 3.57. The zero-order valence-electron chi connectivity index (χ0n) is 16.3. The molecule has 0 saturated carbocycles. The Morgan fingerprint density at radius 1 is 1.21 bits per heavy atom. The molecule has 0 radical (unpaired) electrons. The van der Waals surface area contributed by atoms with E-state index < -0.39 is 12.1 Å². The number of hydrogen-bond acceptors (Lipinski definition) is 6. The summed E-state index contributed by atoms with van der Waals surface area (Å²) in [4.78, 5) is 31.7. The number of benzene rings is 1. The number of aromatic nitrogens is 1. The molecule has 1 aliphatic rings. The second-order valence-electron chi connectivity index (χ2n) is 6.99. The van der Waals surface area contributed by atoms with Crippen LogP contribution in [0.5, 0.6) is 0 Å². The van der Waals surface area contributed by atoms with E-state index >= 15 is 0 Å². The third kappa shape index (κ3) is 5.58. The third-order valence-electron chi connectivity index (χ3n) is 4.74. The fourth-order valence-corrected chi connectivity index (χ4v) is 5.06. The Bertz CT molecular complexity index is 813. The highest BCUT2D eigenvalue weighted by molar-refractivity contribution is 8.00. The molecule has 0 bridgehead atoms. The number of amides is 1. The lowest BCUT2D eigenvalue weighted by atomic mass is 10.1. The molecule has 150 valence electrons. The molecule has 0 N–H and O–H groups in total. The number of ether oxygens (including phenoxy) is 1. The highest BCUT2D eigenvalue weighted by Gasteiger charge is 2.25. The summed E-state index contributed by atoms with van der Waals surface area (Å²) in [5, 5.41) is 2.01.